The summed E-state index contributed by atoms with van der Waals surface area (Å²) in [6.45, 7) is 1.70. The third kappa shape index (κ3) is 3.26. The Morgan fingerprint density at radius 2 is 1.70 bits per heavy atom. The molecular weight excluding hydrogens is 265 g/mol. The molecule has 104 valence electrons. The van der Waals surface area contributed by atoms with E-state index in [1.807, 2.05) is 0 Å². The van der Waals surface area contributed by atoms with Crippen LogP contribution in [0.1, 0.15) is 16.7 Å². The number of Topliss-reactive ketones (excluding diaryl/α,β-unsaturated/α-hetero) is 1. The molecule has 1 nitrogen and oxygen atoms in total. The summed E-state index contributed by atoms with van der Waals surface area (Å²) in [6, 6.07) is 7.90. The maximum atomic E-state index is 13.5. The van der Waals surface area contributed by atoms with Crippen molar-refractivity contribution >= 4 is 5.78 Å². The monoisotopic (exact) mass is 278 g/mol. The van der Waals surface area contributed by atoms with Gasteiger partial charge in [0.25, 0.3) is 0 Å². The van der Waals surface area contributed by atoms with Crippen LogP contribution in [-0.2, 0) is 17.6 Å². The Kier molecular flexibility index (Phi) is 4.23. The molecule has 2 aromatic rings. The van der Waals surface area contributed by atoms with E-state index in [9.17, 15) is 18.0 Å². The Bertz CT molecular complexity index is 650. The van der Waals surface area contributed by atoms with Crippen LogP contribution in [0.2, 0.25) is 0 Å². The molecule has 20 heavy (non-hydrogen) atoms. The number of rotatable bonds is 4. The van der Waals surface area contributed by atoms with Crippen LogP contribution in [0.5, 0.6) is 0 Å². The van der Waals surface area contributed by atoms with Gasteiger partial charge < -0.3 is 0 Å². The SMILES string of the molecule is Cc1cc(F)ccc1CC(=O)Cc1cccc(F)c1F. The van der Waals surface area contributed by atoms with Gasteiger partial charge in [-0.25, -0.2) is 13.2 Å². The van der Waals surface area contributed by atoms with Crippen molar-refractivity contribution in [2.45, 2.75) is 19.8 Å². The number of carbonyl (C=O) groups is 1. The minimum absolute atomic E-state index is 0.0368. The van der Waals surface area contributed by atoms with E-state index in [4.69, 9.17) is 0 Å². The van der Waals surface area contributed by atoms with Crippen LogP contribution in [0.4, 0.5) is 13.2 Å². The maximum absolute atomic E-state index is 13.5. The quantitative estimate of drug-likeness (QED) is 0.832. The number of benzene rings is 2. The van der Waals surface area contributed by atoms with Gasteiger partial charge in [0.05, 0.1) is 0 Å². The van der Waals surface area contributed by atoms with Crippen molar-refractivity contribution in [2.24, 2.45) is 0 Å². The first-order chi connectivity index (χ1) is 9.47. The van der Waals surface area contributed by atoms with Gasteiger partial charge in [0.2, 0.25) is 0 Å². The lowest BCUT2D eigenvalue weighted by molar-refractivity contribution is -0.117. The van der Waals surface area contributed by atoms with E-state index in [0.29, 0.717) is 11.1 Å². The molecule has 2 rings (SSSR count). The summed E-state index contributed by atoms with van der Waals surface area (Å²) in [4.78, 5) is 11.9. The van der Waals surface area contributed by atoms with Crippen LogP contribution in [0, 0.1) is 24.4 Å². The average Bonchev–Trinajstić information content (AvgIpc) is 2.38. The zero-order valence-electron chi connectivity index (χ0n) is 10.9. The molecule has 4 heteroatoms. The molecule has 0 atom stereocenters. The molecular formula is C16H13F3O. The summed E-state index contributed by atoms with van der Waals surface area (Å²) >= 11 is 0. The molecule has 0 unspecified atom stereocenters. The molecule has 0 aromatic heterocycles. The second-order valence-electron chi connectivity index (χ2n) is 4.68. The van der Waals surface area contributed by atoms with Gasteiger partial charge in [-0.3, -0.25) is 4.79 Å². The molecule has 0 radical (unpaired) electrons. The van der Waals surface area contributed by atoms with E-state index in [-0.39, 0.29) is 30.0 Å². The highest BCUT2D eigenvalue weighted by molar-refractivity contribution is 5.83. The molecule has 0 amide bonds. The fraction of sp³-hybridized carbons (Fsp3) is 0.188. The summed E-state index contributed by atoms with van der Waals surface area (Å²) in [5.74, 6) is -2.57. The largest absolute Gasteiger partial charge is 0.299 e. The molecule has 0 N–H and O–H groups in total. The van der Waals surface area contributed by atoms with Gasteiger partial charge in [0.1, 0.15) is 11.6 Å². The number of carbonyl (C=O) groups excluding carboxylic acids is 1. The van der Waals surface area contributed by atoms with E-state index in [2.05, 4.69) is 0 Å². The van der Waals surface area contributed by atoms with Gasteiger partial charge in [-0.2, -0.15) is 0 Å². The van der Waals surface area contributed by atoms with Gasteiger partial charge >= 0.3 is 0 Å². The van der Waals surface area contributed by atoms with E-state index >= 15 is 0 Å². The Morgan fingerprint density at radius 1 is 1.00 bits per heavy atom. The van der Waals surface area contributed by atoms with Crippen molar-refractivity contribution in [2.75, 3.05) is 0 Å². The van der Waals surface area contributed by atoms with Crippen molar-refractivity contribution in [3.05, 3.63) is 70.5 Å². The Morgan fingerprint density at radius 3 is 2.40 bits per heavy atom. The molecule has 0 heterocycles. The van der Waals surface area contributed by atoms with E-state index in [0.717, 1.165) is 6.07 Å². The fourth-order valence-corrected chi connectivity index (χ4v) is 2.03. The minimum atomic E-state index is -0.989. The molecule has 0 saturated carbocycles. The number of aryl methyl sites for hydroxylation is 1. The minimum Gasteiger partial charge on any atom is -0.299 e. The topological polar surface area (TPSA) is 17.1 Å². The van der Waals surface area contributed by atoms with Gasteiger partial charge in [-0.05, 0) is 41.8 Å². The highest BCUT2D eigenvalue weighted by atomic mass is 19.2. The van der Waals surface area contributed by atoms with Crippen molar-refractivity contribution in [3.8, 4) is 0 Å². The lowest BCUT2D eigenvalue weighted by Crippen LogP contribution is -2.09. The summed E-state index contributed by atoms with van der Waals surface area (Å²) in [6.07, 6.45) is -0.109. The van der Waals surface area contributed by atoms with E-state index in [1.54, 1.807) is 6.92 Å². The zero-order chi connectivity index (χ0) is 14.7. The summed E-state index contributed by atoms with van der Waals surface area (Å²) in [7, 11) is 0. The van der Waals surface area contributed by atoms with E-state index < -0.39 is 11.6 Å². The zero-order valence-corrected chi connectivity index (χ0v) is 10.9. The first kappa shape index (κ1) is 14.3. The maximum Gasteiger partial charge on any atom is 0.162 e. The third-order valence-electron chi connectivity index (χ3n) is 3.11. The first-order valence-corrected chi connectivity index (χ1v) is 6.17. The number of halogens is 3. The standard InChI is InChI=1S/C16H13F3O/c1-10-7-13(17)6-5-11(10)8-14(20)9-12-3-2-4-15(18)16(12)19/h2-7H,8-9H2,1H3. The highest BCUT2D eigenvalue weighted by Crippen LogP contribution is 2.15. The van der Waals surface area contributed by atoms with Crippen molar-refractivity contribution in [1.29, 1.82) is 0 Å². The second-order valence-corrected chi connectivity index (χ2v) is 4.68. The van der Waals surface area contributed by atoms with Gasteiger partial charge in [-0.1, -0.05) is 18.2 Å². The summed E-state index contributed by atoms with van der Waals surface area (Å²) in [5, 5.41) is 0. The molecule has 0 fully saturated rings. The van der Waals surface area contributed by atoms with Crippen LogP contribution >= 0.6 is 0 Å². The van der Waals surface area contributed by atoms with Crippen molar-refractivity contribution < 1.29 is 18.0 Å². The van der Waals surface area contributed by atoms with Gasteiger partial charge in [0, 0.05) is 12.8 Å². The predicted molar refractivity (Wildman–Crippen MR) is 69.9 cm³/mol. The molecule has 0 bridgehead atoms. The molecule has 0 aliphatic heterocycles. The summed E-state index contributed by atoms with van der Waals surface area (Å²) in [5.41, 5.74) is 1.39. The van der Waals surface area contributed by atoms with Crippen LogP contribution in [0.25, 0.3) is 0 Å². The molecule has 2 aromatic carbocycles. The first-order valence-electron chi connectivity index (χ1n) is 6.17. The lowest BCUT2D eigenvalue weighted by atomic mass is 9.99. The number of ketones is 1. The molecule has 0 spiro atoms. The van der Waals surface area contributed by atoms with Gasteiger partial charge in [0.15, 0.2) is 11.6 Å². The second kappa shape index (κ2) is 5.90. The van der Waals surface area contributed by atoms with Crippen LogP contribution in [0.3, 0.4) is 0 Å². The predicted octanol–water partition coefficient (Wildman–Crippen LogP) is 3.77. The highest BCUT2D eigenvalue weighted by Gasteiger charge is 2.13. The van der Waals surface area contributed by atoms with Crippen molar-refractivity contribution in [1.82, 2.24) is 0 Å². The Labute approximate surface area is 115 Å². The molecule has 0 saturated heterocycles. The molecule has 0 aliphatic rings. The Hall–Kier alpha value is -2.10. The third-order valence-corrected chi connectivity index (χ3v) is 3.11. The van der Waals surface area contributed by atoms with Crippen molar-refractivity contribution in [3.63, 3.8) is 0 Å². The number of hydrogen-bond donors (Lipinski definition) is 0. The smallest absolute Gasteiger partial charge is 0.162 e. The van der Waals surface area contributed by atoms with Crippen LogP contribution in [0.15, 0.2) is 36.4 Å². The van der Waals surface area contributed by atoms with Crippen LogP contribution < -0.4 is 0 Å². The Balaban J connectivity index is 2.11. The lowest BCUT2D eigenvalue weighted by Gasteiger charge is -2.06. The van der Waals surface area contributed by atoms with Gasteiger partial charge in [-0.15, -0.1) is 0 Å². The number of hydrogen-bond acceptors (Lipinski definition) is 1. The molecule has 0 aliphatic carbocycles. The fourth-order valence-electron chi connectivity index (χ4n) is 2.03. The summed E-state index contributed by atoms with van der Waals surface area (Å²) < 4.78 is 39.4. The normalized spacial score (nSPS) is 10.6. The average molecular weight is 278 g/mol. The van der Waals surface area contributed by atoms with E-state index in [1.165, 1.54) is 30.3 Å². The van der Waals surface area contributed by atoms with Crippen LogP contribution in [-0.4, -0.2) is 5.78 Å².